The lowest BCUT2D eigenvalue weighted by atomic mass is 10.1. The molecule has 2 aromatic carbocycles. The molecule has 1 aromatic heterocycles. The van der Waals surface area contributed by atoms with E-state index < -0.39 is 12.0 Å². The highest BCUT2D eigenvalue weighted by Gasteiger charge is 2.19. The molecule has 164 valence electrons. The molecule has 1 heterocycles. The van der Waals surface area contributed by atoms with Crippen molar-refractivity contribution in [3.63, 3.8) is 0 Å². The van der Waals surface area contributed by atoms with Gasteiger partial charge in [-0.15, -0.1) is 0 Å². The zero-order valence-corrected chi connectivity index (χ0v) is 18.3. The number of aromatic nitrogens is 2. The topological polar surface area (TPSA) is 76.4 Å². The Morgan fingerprint density at radius 3 is 2.65 bits per heavy atom. The van der Waals surface area contributed by atoms with Gasteiger partial charge in [0.05, 0.1) is 12.8 Å². The van der Waals surface area contributed by atoms with Gasteiger partial charge in [-0.05, 0) is 36.1 Å². The zero-order valence-electron chi connectivity index (χ0n) is 18.3. The quantitative estimate of drug-likeness (QED) is 0.461. The second-order valence-corrected chi connectivity index (χ2v) is 7.67. The Balaban J connectivity index is 1.77. The molecule has 0 fully saturated rings. The van der Waals surface area contributed by atoms with Gasteiger partial charge in [0.1, 0.15) is 17.6 Å². The number of carboxylic acids is 1. The lowest BCUT2D eigenvalue weighted by Crippen LogP contribution is -2.38. The predicted molar refractivity (Wildman–Crippen MR) is 121 cm³/mol. The van der Waals surface area contributed by atoms with E-state index in [9.17, 15) is 9.90 Å². The Labute approximate surface area is 183 Å². The molecule has 0 amide bonds. The largest absolute Gasteiger partial charge is 0.497 e. The highest BCUT2D eigenvalue weighted by atomic mass is 16.5. The first-order valence-electron chi connectivity index (χ1n) is 10.8. The number of aliphatic carboxylic acids is 1. The smallest absolute Gasteiger partial charge is 0.321 e. The van der Waals surface area contributed by atoms with Crippen LogP contribution in [0.5, 0.6) is 5.75 Å². The first kappa shape index (κ1) is 22.6. The third-order valence-electron chi connectivity index (χ3n) is 5.36. The van der Waals surface area contributed by atoms with Gasteiger partial charge in [0.2, 0.25) is 0 Å². The van der Waals surface area contributed by atoms with Crippen LogP contribution in [-0.2, 0) is 30.7 Å². The molecule has 3 rings (SSSR count). The van der Waals surface area contributed by atoms with Crippen molar-refractivity contribution in [2.45, 2.75) is 51.7 Å². The van der Waals surface area contributed by atoms with Crippen molar-refractivity contribution < 1.29 is 14.6 Å². The van der Waals surface area contributed by atoms with E-state index in [1.807, 2.05) is 54.7 Å². The molecule has 0 radical (unpaired) electrons. The summed E-state index contributed by atoms with van der Waals surface area (Å²) in [6, 6.07) is 17.0. The molecule has 3 aromatic rings. The van der Waals surface area contributed by atoms with Gasteiger partial charge in [-0.3, -0.25) is 10.1 Å². The van der Waals surface area contributed by atoms with Gasteiger partial charge in [-0.1, -0.05) is 55.8 Å². The number of ether oxygens (including phenoxy) is 1. The number of hydrogen-bond acceptors (Lipinski definition) is 4. The van der Waals surface area contributed by atoms with E-state index in [0.717, 1.165) is 47.7 Å². The minimum atomic E-state index is -0.853. The maximum absolute atomic E-state index is 11.8. The van der Waals surface area contributed by atoms with Crippen LogP contribution >= 0.6 is 0 Å². The van der Waals surface area contributed by atoms with E-state index in [1.54, 1.807) is 7.11 Å². The standard InChI is InChI=1S/C25H31N3O3/c1-3-4-13-24-27-17-21(28(24)18-20-11-8-12-22(14-20)31-2)16-26-23(25(29)30)15-19-9-6-5-7-10-19/h5-12,14,17,23,26H,3-4,13,15-16,18H2,1-2H3,(H,29,30)/t23-/m0/s1. The summed E-state index contributed by atoms with van der Waals surface area (Å²) in [7, 11) is 1.66. The molecule has 1 atom stereocenters. The molecule has 2 N–H and O–H groups in total. The molecule has 0 aliphatic carbocycles. The van der Waals surface area contributed by atoms with Gasteiger partial charge in [-0.25, -0.2) is 4.98 Å². The Morgan fingerprint density at radius 2 is 1.94 bits per heavy atom. The van der Waals surface area contributed by atoms with Crippen LogP contribution < -0.4 is 10.1 Å². The molecular weight excluding hydrogens is 390 g/mol. The summed E-state index contributed by atoms with van der Waals surface area (Å²) in [6.07, 6.45) is 5.35. The number of carboxylic acid groups (broad SMARTS) is 1. The molecule has 0 aliphatic rings. The summed E-state index contributed by atoms with van der Waals surface area (Å²) in [5.74, 6) is 0.992. The Kier molecular flexibility index (Phi) is 8.24. The number of imidazole rings is 1. The molecule has 31 heavy (non-hydrogen) atoms. The van der Waals surface area contributed by atoms with Gasteiger partial charge in [0.15, 0.2) is 0 Å². The first-order valence-corrected chi connectivity index (χ1v) is 10.8. The number of aryl methyl sites for hydroxylation is 1. The van der Waals surface area contributed by atoms with E-state index in [4.69, 9.17) is 4.74 Å². The van der Waals surface area contributed by atoms with Crippen LogP contribution in [0, 0.1) is 0 Å². The van der Waals surface area contributed by atoms with E-state index >= 15 is 0 Å². The van der Waals surface area contributed by atoms with Gasteiger partial charge < -0.3 is 14.4 Å². The lowest BCUT2D eigenvalue weighted by Gasteiger charge is -2.17. The molecule has 0 saturated heterocycles. The molecule has 0 aliphatic heterocycles. The average molecular weight is 422 g/mol. The van der Waals surface area contributed by atoms with Crippen molar-refractivity contribution in [1.82, 2.24) is 14.9 Å². The Hall–Kier alpha value is -3.12. The number of unbranched alkanes of at least 4 members (excludes halogenated alkanes) is 1. The summed E-state index contributed by atoms with van der Waals surface area (Å²) in [6.45, 7) is 3.27. The highest BCUT2D eigenvalue weighted by Crippen LogP contribution is 2.17. The highest BCUT2D eigenvalue weighted by molar-refractivity contribution is 5.73. The normalized spacial score (nSPS) is 11.9. The van der Waals surface area contributed by atoms with Crippen LogP contribution in [0.25, 0.3) is 0 Å². The van der Waals surface area contributed by atoms with Crippen LogP contribution in [0.1, 0.15) is 42.4 Å². The van der Waals surface area contributed by atoms with Crippen LogP contribution in [0.2, 0.25) is 0 Å². The number of hydrogen-bond donors (Lipinski definition) is 2. The molecule has 6 heteroatoms. The van der Waals surface area contributed by atoms with Crippen molar-refractivity contribution in [2.75, 3.05) is 7.11 Å². The van der Waals surface area contributed by atoms with Crippen LogP contribution in [0.3, 0.4) is 0 Å². The number of nitrogens with one attached hydrogen (secondary N) is 1. The molecule has 0 spiro atoms. The van der Waals surface area contributed by atoms with Gasteiger partial charge in [-0.2, -0.15) is 0 Å². The Morgan fingerprint density at radius 1 is 1.16 bits per heavy atom. The number of benzene rings is 2. The van der Waals surface area contributed by atoms with Crippen molar-refractivity contribution in [2.24, 2.45) is 0 Å². The van der Waals surface area contributed by atoms with E-state index in [-0.39, 0.29) is 0 Å². The van der Waals surface area contributed by atoms with E-state index in [0.29, 0.717) is 19.5 Å². The Bertz CT molecular complexity index is 969. The molecule has 0 saturated carbocycles. The minimum absolute atomic E-state index is 0.433. The second kappa shape index (κ2) is 11.3. The molecule has 6 nitrogen and oxygen atoms in total. The van der Waals surface area contributed by atoms with E-state index in [1.165, 1.54) is 0 Å². The minimum Gasteiger partial charge on any atom is -0.497 e. The summed E-state index contributed by atoms with van der Waals surface area (Å²) < 4.78 is 7.55. The van der Waals surface area contributed by atoms with Gasteiger partial charge >= 0.3 is 5.97 Å². The maximum Gasteiger partial charge on any atom is 0.321 e. The van der Waals surface area contributed by atoms with Crippen LogP contribution in [0.15, 0.2) is 60.8 Å². The fourth-order valence-corrected chi connectivity index (χ4v) is 3.60. The van der Waals surface area contributed by atoms with Gasteiger partial charge in [0.25, 0.3) is 0 Å². The lowest BCUT2D eigenvalue weighted by molar-refractivity contribution is -0.139. The fourth-order valence-electron chi connectivity index (χ4n) is 3.60. The monoisotopic (exact) mass is 421 g/mol. The number of carbonyl (C=O) groups is 1. The van der Waals surface area contributed by atoms with Gasteiger partial charge in [0, 0.05) is 25.7 Å². The summed E-state index contributed by atoms with van der Waals surface area (Å²) in [5, 5.41) is 12.9. The number of methoxy groups -OCH3 is 1. The molecule has 0 unspecified atom stereocenters. The van der Waals surface area contributed by atoms with Crippen molar-refractivity contribution >= 4 is 5.97 Å². The molecular formula is C25H31N3O3. The van der Waals surface area contributed by atoms with Crippen molar-refractivity contribution in [3.05, 3.63) is 83.4 Å². The maximum atomic E-state index is 11.8. The zero-order chi connectivity index (χ0) is 22.1. The predicted octanol–water partition coefficient (Wildman–Crippen LogP) is 4.07. The van der Waals surface area contributed by atoms with Crippen LogP contribution in [-0.4, -0.2) is 33.8 Å². The second-order valence-electron chi connectivity index (χ2n) is 7.67. The molecule has 0 bridgehead atoms. The first-order chi connectivity index (χ1) is 15.1. The third-order valence-corrected chi connectivity index (χ3v) is 5.36. The number of rotatable bonds is 12. The van der Waals surface area contributed by atoms with Crippen molar-refractivity contribution in [3.8, 4) is 5.75 Å². The summed E-state index contributed by atoms with van der Waals surface area (Å²) in [5.41, 5.74) is 3.10. The van der Waals surface area contributed by atoms with E-state index in [2.05, 4.69) is 27.9 Å². The van der Waals surface area contributed by atoms with Crippen LogP contribution in [0.4, 0.5) is 0 Å². The third kappa shape index (κ3) is 6.43. The van der Waals surface area contributed by atoms with Crippen molar-refractivity contribution in [1.29, 1.82) is 0 Å². The average Bonchev–Trinajstić information content (AvgIpc) is 3.17. The summed E-state index contributed by atoms with van der Waals surface area (Å²) >= 11 is 0. The summed E-state index contributed by atoms with van der Waals surface area (Å²) in [4.78, 5) is 16.5. The fraction of sp³-hybridized carbons (Fsp3) is 0.360. The number of nitrogens with zero attached hydrogens (tertiary/aromatic N) is 2. The SMILES string of the molecule is CCCCc1ncc(CN[C@@H](Cc2ccccc2)C(=O)O)n1Cc1cccc(OC)c1.